The molecule has 0 saturated heterocycles. The van der Waals surface area contributed by atoms with E-state index in [2.05, 4.69) is 22.5 Å². The summed E-state index contributed by atoms with van der Waals surface area (Å²) >= 11 is 0. The summed E-state index contributed by atoms with van der Waals surface area (Å²) < 4.78 is 2.01. The van der Waals surface area contributed by atoms with Gasteiger partial charge in [-0.05, 0) is 56.6 Å². The first-order valence-corrected chi connectivity index (χ1v) is 7.16. The van der Waals surface area contributed by atoms with Crippen molar-refractivity contribution >= 4 is 11.6 Å². The molecule has 0 atom stereocenters. The molecule has 2 aromatic rings. The minimum atomic E-state index is -0.634. The molecular formula is C15H19N3O2. The molecule has 2 aromatic heterocycles. The van der Waals surface area contributed by atoms with Gasteiger partial charge in [0.15, 0.2) is 5.65 Å². The number of rotatable bonds is 3. The summed E-state index contributed by atoms with van der Waals surface area (Å²) in [6, 6.07) is 4.10. The van der Waals surface area contributed by atoms with Gasteiger partial charge in [0, 0.05) is 6.20 Å². The predicted octanol–water partition coefficient (Wildman–Crippen LogP) is 2.47. The number of aliphatic carboxylic acids is 1. The Hall–Kier alpha value is -1.91. The smallest absolute Gasteiger partial charge is 0.306 e. The van der Waals surface area contributed by atoms with Crippen molar-refractivity contribution < 1.29 is 9.90 Å². The molecule has 0 aliphatic heterocycles. The average molecular weight is 273 g/mol. The number of aryl methyl sites for hydroxylation is 1. The second-order valence-corrected chi connectivity index (χ2v) is 5.77. The quantitative estimate of drug-likeness (QED) is 0.932. The summed E-state index contributed by atoms with van der Waals surface area (Å²) in [5.74, 6) is 0.732. The van der Waals surface area contributed by atoms with E-state index in [1.807, 2.05) is 17.4 Å². The molecular weight excluding hydrogens is 254 g/mol. The summed E-state index contributed by atoms with van der Waals surface area (Å²) in [6.07, 6.45) is 6.77. The van der Waals surface area contributed by atoms with Crippen LogP contribution in [0.2, 0.25) is 0 Å². The van der Waals surface area contributed by atoms with Crippen molar-refractivity contribution in [2.45, 2.75) is 39.0 Å². The van der Waals surface area contributed by atoms with Gasteiger partial charge in [0.2, 0.25) is 0 Å². The van der Waals surface area contributed by atoms with Gasteiger partial charge in [-0.2, -0.15) is 0 Å². The molecule has 1 aliphatic carbocycles. The molecule has 1 fully saturated rings. The number of aromatic nitrogens is 3. The van der Waals surface area contributed by atoms with Crippen molar-refractivity contribution in [3.8, 4) is 0 Å². The zero-order chi connectivity index (χ0) is 14.1. The Balaban J connectivity index is 1.68. The molecule has 0 aromatic carbocycles. The lowest BCUT2D eigenvalue weighted by molar-refractivity contribution is -0.143. The molecule has 20 heavy (non-hydrogen) atoms. The molecule has 5 heteroatoms. The van der Waals surface area contributed by atoms with Crippen LogP contribution in [0.5, 0.6) is 0 Å². The van der Waals surface area contributed by atoms with Crippen molar-refractivity contribution in [3.63, 3.8) is 0 Å². The van der Waals surface area contributed by atoms with Crippen LogP contribution in [0.3, 0.4) is 0 Å². The molecule has 0 radical (unpaired) electrons. The van der Waals surface area contributed by atoms with Crippen LogP contribution < -0.4 is 0 Å². The Morgan fingerprint density at radius 1 is 1.30 bits per heavy atom. The van der Waals surface area contributed by atoms with E-state index in [1.165, 1.54) is 5.56 Å². The molecule has 1 saturated carbocycles. The molecule has 106 valence electrons. The second kappa shape index (κ2) is 5.23. The van der Waals surface area contributed by atoms with Crippen LogP contribution in [0, 0.1) is 18.8 Å². The van der Waals surface area contributed by atoms with E-state index < -0.39 is 5.97 Å². The summed E-state index contributed by atoms with van der Waals surface area (Å²) in [5, 5.41) is 17.2. The number of pyridine rings is 1. The highest BCUT2D eigenvalue weighted by atomic mass is 16.4. The van der Waals surface area contributed by atoms with E-state index in [9.17, 15) is 4.79 Å². The highest BCUT2D eigenvalue weighted by molar-refractivity contribution is 5.69. The van der Waals surface area contributed by atoms with Gasteiger partial charge in [0.1, 0.15) is 5.82 Å². The highest BCUT2D eigenvalue weighted by Gasteiger charge is 2.25. The molecule has 1 aliphatic rings. The topological polar surface area (TPSA) is 67.5 Å². The maximum Gasteiger partial charge on any atom is 0.306 e. The third kappa shape index (κ3) is 2.53. The third-order valence-corrected chi connectivity index (χ3v) is 4.35. The standard InChI is InChI=1S/C15H19N3O2/c1-10-16-17-14-7-4-12(9-18(10)14)8-11-2-5-13(6-3-11)15(19)20/h4,7,9,11,13H,2-3,5-6,8H2,1H3,(H,19,20). The number of nitrogens with zero attached hydrogens (tertiary/aromatic N) is 3. The zero-order valence-electron chi connectivity index (χ0n) is 11.6. The SMILES string of the molecule is Cc1nnc2ccc(CC3CCC(C(=O)O)CC3)cn12. The Morgan fingerprint density at radius 2 is 2.05 bits per heavy atom. The minimum Gasteiger partial charge on any atom is -0.481 e. The number of carbonyl (C=O) groups is 1. The van der Waals surface area contributed by atoms with Crippen LogP contribution >= 0.6 is 0 Å². The number of carboxylic acids is 1. The predicted molar refractivity (Wildman–Crippen MR) is 74.5 cm³/mol. The Labute approximate surface area is 117 Å². The van der Waals surface area contributed by atoms with Crippen LogP contribution in [-0.4, -0.2) is 25.7 Å². The first-order chi connectivity index (χ1) is 9.63. The van der Waals surface area contributed by atoms with E-state index in [1.54, 1.807) is 0 Å². The van der Waals surface area contributed by atoms with Crippen molar-refractivity contribution in [3.05, 3.63) is 29.7 Å². The number of carboxylic acid groups (broad SMARTS) is 1. The highest BCUT2D eigenvalue weighted by Crippen LogP contribution is 2.31. The van der Waals surface area contributed by atoms with E-state index >= 15 is 0 Å². The van der Waals surface area contributed by atoms with Crippen LogP contribution in [0.4, 0.5) is 0 Å². The average Bonchev–Trinajstić information content (AvgIpc) is 2.81. The van der Waals surface area contributed by atoms with E-state index in [4.69, 9.17) is 5.11 Å². The van der Waals surface area contributed by atoms with Crippen LogP contribution in [0.25, 0.3) is 5.65 Å². The molecule has 5 nitrogen and oxygen atoms in total. The lowest BCUT2D eigenvalue weighted by atomic mass is 9.79. The van der Waals surface area contributed by atoms with E-state index in [0.29, 0.717) is 5.92 Å². The molecule has 3 rings (SSSR count). The van der Waals surface area contributed by atoms with Gasteiger partial charge in [0.05, 0.1) is 5.92 Å². The first kappa shape index (κ1) is 13.1. The lowest BCUT2D eigenvalue weighted by Gasteiger charge is -2.26. The van der Waals surface area contributed by atoms with Crippen LogP contribution in [0.1, 0.15) is 37.1 Å². The van der Waals surface area contributed by atoms with Crippen molar-refractivity contribution in [2.75, 3.05) is 0 Å². The molecule has 0 bridgehead atoms. The molecule has 1 N–H and O–H groups in total. The summed E-state index contributed by atoms with van der Waals surface area (Å²) in [5.41, 5.74) is 2.15. The van der Waals surface area contributed by atoms with Gasteiger partial charge in [0.25, 0.3) is 0 Å². The Bertz CT molecular complexity index is 627. The molecule has 0 amide bonds. The van der Waals surface area contributed by atoms with Gasteiger partial charge < -0.3 is 5.11 Å². The number of fused-ring (bicyclic) bond motifs is 1. The summed E-state index contributed by atoms with van der Waals surface area (Å²) in [7, 11) is 0. The third-order valence-electron chi connectivity index (χ3n) is 4.35. The van der Waals surface area contributed by atoms with Crippen molar-refractivity contribution in [2.24, 2.45) is 11.8 Å². The summed E-state index contributed by atoms with van der Waals surface area (Å²) in [4.78, 5) is 11.0. The normalized spacial score (nSPS) is 23.1. The minimum absolute atomic E-state index is 0.131. The van der Waals surface area contributed by atoms with Gasteiger partial charge in [-0.25, -0.2) is 0 Å². The fraction of sp³-hybridized carbons (Fsp3) is 0.533. The maximum absolute atomic E-state index is 11.0. The largest absolute Gasteiger partial charge is 0.481 e. The molecule has 0 spiro atoms. The fourth-order valence-electron chi connectivity index (χ4n) is 3.12. The number of hydrogen-bond acceptors (Lipinski definition) is 3. The number of hydrogen-bond donors (Lipinski definition) is 1. The van der Waals surface area contributed by atoms with Crippen LogP contribution in [0.15, 0.2) is 18.3 Å². The molecule has 2 heterocycles. The van der Waals surface area contributed by atoms with E-state index in [0.717, 1.165) is 43.6 Å². The summed E-state index contributed by atoms with van der Waals surface area (Å²) in [6.45, 7) is 1.95. The van der Waals surface area contributed by atoms with Crippen molar-refractivity contribution in [1.82, 2.24) is 14.6 Å². The van der Waals surface area contributed by atoms with Gasteiger partial charge in [-0.1, -0.05) is 6.07 Å². The van der Waals surface area contributed by atoms with Gasteiger partial charge >= 0.3 is 5.97 Å². The van der Waals surface area contributed by atoms with Gasteiger partial charge in [-0.15, -0.1) is 10.2 Å². The molecule has 0 unspecified atom stereocenters. The van der Waals surface area contributed by atoms with E-state index in [-0.39, 0.29) is 5.92 Å². The van der Waals surface area contributed by atoms with Crippen molar-refractivity contribution in [1.29, 1.82) is 0 Å². The zero-order valence-corrected chi connectivity index (χ0v) is 11.6. The second-order valence-electron chi connectivity index (χ2n) is 5.77. The monoisotopic (exact) mass is 273 g/mol. The first-order valence-electron chi connectivity index (χ1n) is 7.16. The van der Waals surface area contributed by atoms with Gasteiger partial charge in [-0.3, -0.25) is 9.20 Å². The maximum atomic E-state index is 11.0. The fourth-order valence-corrected chi connectivity index (χ4v) is 3.12. The Morgan fingerprint density at radius 3 is 2.75 bits per heavy atom. The lowest BCUT2D eigenvalue weighted by Crippen LogP contribution is -2.22. The Kier molecular flexibility index (Phi) is 3.42. The van der Waals surface area contributed by atoms with Crippen LogP contribution in [-0.2, 0) is 11.2 Å².